The number of ether oxygens (including phenoxy) is 2. The first-order chi connectivity index (χ1) is 10.7. The second kappa shape index (κ2) is 9.54. The Morgan fingerprint density at radius 3 is 3.14 bits per heavy atom. The van der Waals surface area contributed by atoms with Gasteiger partial charge in [-0.3, -0.25) is 4.79 Å². The summed E-state index contributed by atoms with van der Waals surface area (Å²) in [6.07, 6.45) is 4.17. The van der Waals surface area contributed by atoms with Crippen LogP contribution in [0.15, 0.2) is 24.3 Å². The van der Waals surface area contributed by atoms with E-state index < -0.39 is 0 Å². The lowest BCUT2D eigenvalue weighted by atomic mass is 10.1. The van der Waals surface area contributed by atoms with E-state index in [0.717, 1.165) is 31.4 Å². The van der Waals surface area contributed by atoms with Gasteiger partial charge < -0.3 is 14.8 Å². The van der Waals surface area contributed by atoms with E-state index in [0.29, 0.717) is 32.6 Å². The van der Waals surface area contributed by atoms with Gasteiger partial charge in [0.15, 0.2) is 0 Å². The van der Waals surface area contributed by atoms with Crippen molar-refractivity contribution >= 4 is 5.91 Å². The van der Waals surface area contributed by atoms with E-state index in [-0.39, 0.29) is 17.8 Å². The van der Waals surface area contributed by atoms with Gasteiger partial charge in [0.1, 0.15) is 5.82 Å². The Morgan fingerprint density at radius 1 is 1.45 bits per heavy atom. The van der Waals surface area contributed by atoms with Gasteiger partial charge in [0.2, 0.25) is 5.91 Å². The molecule has 1 fully saturated rings. The lowest BCUT2D eigenvalue weighted by Gasteiger charge is -2.10. The molecule has 1 aromatic carbocycles. The van der Waals surface area contributed by atoms with Gasteiger partial charge in [-0.15, -0.1) is 0 Å². The SMILES string of the molecule is O=C(CCc1cccc(F)c1)NCCCOCC1CCCO1. The molecule has 5 heteroatoms. The van der Waals surface area contributed by atoms with Crippen molar-refractivity contribution in [2.24, 2.45) is 0 Å². The molecule has 1 heterocycles. The Balaban J connectivity index is 1.47. The molecule has 4 nitrogen and oxygen atoms in total. The zero-order chi connectivity index (χ0) is 15.6. The Hall–Kier alpha value is -1.46. The maximum absolute atomic E-state index is 13.0. The van der Waals surface area contributed by atoms with Crippen molar-refractivity contribution in [1.82, 2.24) is 5.32 Å². The van der Waals surface area contributed by atoms with Gasteiger partial charge in [-0.1, -0.05) is 12.1 Å². The number of halogens is 1. The number of rotatable bonds is 9. The number of aryl methyl sites for hydroxylation is 1. The fourth-order valence-corrected chi connectivity index (χ4v) is 2.43. The Kier molecular flexibility index (Phi) is 7.33. The topological polar surface area (TPSA) is 47.6 Å². The third-order valence-electron chi connectivity index (χ3n) is 3.65. The third-order valence-corrected chi connectivity index (χ3v) is 3.65. The van der Waals surface area contributed by atoms with Crippen LogP contribution in [0.4, 0.5) is 4.39 Å². The maximum Gasteiger partial charge on any atom is 0.220 e. The zero-order valence-electron chi connectivity index (χ0n) is 12.9. The van der Waals surface area contributed by atoms with Crippen LogP contribution in [0.1, 0.15) is 31.2 Å². The second-order valence-corrected chi connectivity index (χ2v) is 5.54. The first-order valence-corrected chi connectivity index (χ1v) is 7.94. The summed E-state index contributed by atoms with van der Waals surface area (Å²) in [6.45, 7) is 2.72. The number of nitrogens with one attached hydrogen (secondary N) is 1. The molecule has 1 N–H and O–H groups in total. The molecule has 0 spiro atoms. The molecule has 0 saturated carbocycles. The van der Waals surface area contributed by atoms with Crippen LogP contribution in [0.3, 0.4) is 0 Å². The van der Waals surface area contributed by atoms with E-state index in [2.05, 4.69) is 5.32 Å². The lowest BCUT2D eigenvalue weighted by Crippen LogP contribution is -2.26. The van der Waals surface area contributed by atoms with Gasteiger partial charge >= 0.3 is 0 Å². The number of carbonyl (C=O) groups is 1. The van der Waals surface area contributed by atoms with Crippen LogP contribution in [0.2, 0.25) is 0 Å². The molecular formula is C17H24FNO3. The van der Waals surface area contributed by atoms with E-state index in [4.69, 9.17) is 9.47 Å². The fraction of sp³-hybridized carbons (Fsp3) is 0.588. The summed E-state index contributed by atoms with van der Waals surface area (Å²) < 4.78 is 24.0. The lowest BCUT2D eigenvalue weighted by molar-refractivity contribution is -0.121. The van der Waals surface area contributed by atoms with Crippen molar-refractivity contribution in [2.45, 2.75) is 38.2 Å². The summed E-state index contributed by atoms with van der Waals surface area (Å²) >= 11 is 0. The highest BCUT2D eigenvalue weighted by Gasteiger charge is 2.14. The standard InChI is InChI=1S/C17H24FNO3/c18-15-5-1-4-14(12-15)7-8-17(20)19-9-3-10-21-13-16-6-2-11-22-16/h1,4-5,12,16H,2-3,6-11,13H2,(H,19,20). The van der Waals surface area contributed by atoms with Crippen LogP contribution in [0.25, 0.3) is 0 Å². The molecule has 1 aliphatic rings. The number of carbonyl (C=O) groups excluding carboxylic acids is 1. The van der Waals surface area contributed by atoms with Gasteiger partial charge in [-0.2, -0.15) is 0 Å². The Bertz CT molecular complexity index is 461. The highest BCUT2D eigenvalue weighted by Crippen LogP contribution is 2.11. The van der Waals surface area contributed by atoms with Crippen molar-refractivity contribution in [3.05, 3.63) is 35.6 Å². The predicted octanol–water partition coefficient (Wildman–Crippen LogP) is 2.46. The van der Waals surface area contributed by atoms with Crippen LogP contribution < -0.4 is 5.32 Å². The minimum Gasteiger partial charge on any atom is -0.379 e. The number of amides is 1. The molecule has 22 heavy (non-hydrogen) atoms. The third kappa shape index (κ3) is 6.54. The molecular weight excluding hydrogens is 285 g/mol. The fourth-order valence-electron chi connectivity index (χ4n) is 2.43. The van der Waals surface area contributed by atoms with E-state index in [9.17, 15) is 9.18 Å². The summed E-state index contributed by atoms with van der Waals surface area (Å²) in [5.74, 6) is -0.273. The molecule has 0 aliphatic carbocycles. The van der Waals surface area contributed by atoms with Gasteiger partial charge in [-0.05, 0) is 43.4 Å². The van der Waals surface area contributed by atoms with Crippen molar-refractivity contribution < 1.29 is 18.7 Å². The van der Waals surface area contributed by atoms with Crippen LogP contribution >= 0.6 is 0 Å². The molecule has 1 saturated heterocycles. The van der Waals surface area contributed by atoms with E-state index >= 15 is 0 Å². The predicted molar refractivity (Wildman–Crippen MR) is 82.1 cm³/mol. The largest absolute Gasteiger partial charge is 0.379 e. The van der Waals surface area contributed by atoms with E-state index in [1.807, 2.05) is 6.07 Å². The quantitative estimate of drug-likeness (QED) is 0.713. The molecule has 122 valence electrons. The highest BCUT2D eigenvalue weighted by molar-refractivity contribution is 5.76. The smallest absolute Gasteiger partial charge is 0.220 e. The van der Waals surface area contributed by atoms with Gasteiger partial charge in [-0.25, -0.2) is 4.39 Å². The van der Waals surface area contributed by atoms with Crippen LogP contribution in [-0.4, -0.2) is 38.4 Å². The molecule has 0 bridgehead atoms. The first kappa shape index (κ1) is 16.9. The summed E-state index contributed by atoms with van der Waals surface area (Å²) in [6, 6.07) is 6.36. The Labute approximate surface area is 131 Å². The van der Waals surface area contributed by atoms with Crippen molar-refractivity contribution in [1.29, 1.82) is 0 Å². The van der Waals surface area contributed by atoms with Gasteiger partial charge in [0, 0.05) is 26.2 Å². The van der Waals surface area contributed by atoms with Crippen molar-refractivity contribution in [3.8, 4) is 0 Å². The molecule has 1 aliphatic heterocycles. The molecule has 0 aromatic heterocycles. The maximum atomic E-state index is 13.0. The molecule has 1 atom stereocenters. The van der Waals surface area contributed by atoms with Crippen LogP contribution in [0, 0.1) is 5.82 Å². The molecule has 0 radical (unpaired) electrons. The minimum absolute atomic E-state index is 0.0108. The Morgan fingerprint density at radius 2 is 2.36 bits per heavy atom. The summed E-state index contributed by atoms with van der Waals surface area (Å²) in [5.41, 5.74) is 0.843. The average molecular weight is 309 g/mol. The number of hydrogen-bond acceptors (Lipinski definition) is 3. The summed E-state index contributed by atoms with van der Waals surface area (Å²) in [4.78, 5) is 11.7. The minimum atomic E-state index is -0.263. The van der Waals surface area contributed by atoms with E-state index in [1.165, 1.54) is 12.1 Å². The van der Waals surface area contributed by atoms with Crippen molar-refractivity contribution in [2.75, 3.05) is 26.4 Å². The molecule has 1 amide bonds. The summed E-state index contributed by atoms with van der Waals surface area (Å²) in [5, 5.41) is 2.85. The van der Waals surface area contributed by atoms with Crippen LogP contribution in [0.5, 0.6) is 0 Å². The monoisotopic (exact) mass is 309 g/mol. The molecule has 2 rings (SSSR count). The number of benzene rings is 1. The molecule has 1 aromatic rings. The number of hydrogen-bond donors (Lipinski definition) is 1. The van der Waals surface area contributed by atoms with Gasteiger partial charge in [0.25, 0.3) is 0 Å². The van der Waals surface area contributed by atoms with Crippen LogP contribution in [-0.2, 0) is 20.7 Å². The second-order valence-electron chi connectivity index (χ2n) is 5.54. The van der Waals surface area contributed by atoms with E-state index in [1.54, 1.807) is 6.07 Å². The highest BCUT2D eigenvalue weighted by atomic mass is 19.1. The average Bonchev–Trinajstić information content (AvgIpc) is 3.02. The first-order valence-electron chi connectivity index (χ1n) is 7.94. The normalized spacial score (nSPS) is 17.6. The van der Waals surface area contributed by atoms with Crippen molar-refractivity contribution in [3.63, 3.8) is 0 Å². The molecule has 1 unspecified atom stereocenters. The zero-order valence-corrected chi connectivity index (χ0v) is 12.9. The summed E-state index contributed by atoms with van der Waals surface area (Å²) in [7, 11) is 0. The van der Waals surface area contributed by atoms with Gasteiger partial charge in [0.05, 0.1) is 12.7 Å².